The lowest BCUT2D eigenvalue weighted by Gasteiger charge is -2.09. The largest absolute Gasteiger partial charge is 0.497 e. The fraction of sp³-hybridized carbons (Fsp3) is 0.217. The van der Waals surface area contributed by atoms with Crippen LogP contribution in [0.4, 0.5) is 11.5 Å². The van der Waals surface area contributed by atoms with Gasteiger partial charge in [-0.25, -0.2) is 4.98 Å². The molecule has 0 saturated carbocycles. The first-order chi connectivity index (χ1) is 14.2. The Morgan fingerprint density at radius 1 is 1.03 bits per heavy atom. The van der Waals surface area contributed by atoms with Gasteiger partial charge in [0.1, 0.15) is 17.3 Å². The second kappa shape index (κ2) is 10.1. The molecule has 0 saturated heterocycles. The third-order valence-electron chi connectivity index (χ3n) is 4.31. The Labute approximate surface area is 170 Å². The second-order valence-corrected chi connectivity index (χ2v) is 6.37. The van der Waals surface area contributed by atoms with Crippen molar-refractivity contribution in [2.24, 2.45) is 0 Å². The highest BCUT2D eigenvalue weighted by Crippen LogP contribution is 2.16. The fourth-order valence-electron chi connectivity index (χ4n) is 2.80. The Bertz CT molecular complexity index is 925. The van der Waals surface area contributed by atoms with Crippen LogP contribution in [0.15, 0.2) is 66.9 Å². The highest BCUT2D eigenvalue weighted by Gasteiger charge is 2.08. The molecule has 0 aliphatic heterocycles. The number of rotatable bonds is 9. The van der Waals surface area contributed by atoms with E-state index in [0.29, 0.717) is 23.6 Å². The van der Waals surface area contributed by atoms with Crippen LogP contribution in [0, 0.1) is 0 Å². The molecule has 0 spiro atoms. The van der Waals surface area contributed by atoms with Crippen molar-refractivity contribution in [2.45, 2.75) is 13.3 Å². The SMILES string of the molecule is CCOc1cccc(C(=O)Nc2ccc(NCCc3ccc(OC)cc3)nc2)c1. The standard InChI is InChI=1S/C23H25N3O3/c1-3-29-21-6-4-5-18(15-21)23(27)26-19-9-12-22(25-16-19)24-14-13-17-7-10-20(28-2)11-8-17/h4-12,15-16H,3,13-14H2,1-2H3,(H,24,25)(H,26,27). The van der Waals surface area contributed by atoms with Gasteiger partial charge in [-0.3, -0.25) is 4.79 Å². The molecule has 0 bridgehead atoms. The summed E-state index contributed by atoms with van der Waals surface area (Å²) in [6.45, 7) is 3.22. The van der Waals surface area contributed by atoms with Crippen LogP contribution in [0.5, 0.6) is 11.5 Å². The van der Waals surface area contributed by atoms with Crippen molar-refractivity contribution in [3.8, 4) is 11.5 Å². The summed E-state index contributed by atoms with van der Waals surface area (Å²) < 4.78 is 10.6. The van der Waals surface area contributed by atoms with Crippen LogP contribution < -0.4 is 20.1 Å². The molecule has 6 heteroatoms. The van der Waals surface area contributed by atoms with Gasteiger partial charge in [-0.2, -0.15) is 0 Å². The predicted molar refractivity (Wildman–Crippen MR) is 115 cm³/mol. The van der Waals surface area contributed by atoms with Gasteiger partial charge in [-0.05, 0) is 61.4 Å². The number of methoxy groups -OCH3 is 1. The summed E-state index contributed by atoms with van der Waals surface area (Å²) in [5.74, 6) is 2.09. The molecule has 1 heterocycles. The molecule has 0 unspecified atom stereocenters. The Balaban J connectivity index is 1.50. The average Bonchev–Trinajstić information content (AvgIpc) is 2.76. The molecule has 0 radical (unpaired) electrons. The molecular weight excluding hydrogens is 366 g/mol. The maximum atomic E-state index is 12.4. The van der Waals surface area contributed by atoms with E-state index in [1.54, 1.807) is 31.5 Å². The maximum absolute atomic E-state index is 12.4. The van der Waals surface area contributed by atoms with Gasteiger partial charge in [0.2, 0.25) is 0 Å². The van der Waals surface area contributed by atoms with Gasteiger partial charge in [-0.1, -0.05) is 18.2 Å². The number of ether oxygens (including phenoxy) is 2. The number of hydrogen-bond acceptors (Lipinski definition) is 5. The van der Waals surface area contributed by atoms with Crippen LogP contribution in [0.25, 0.3) is 0 Å². The Kier molecular flexibility index (Phi) is 7.05. The van der Waals surface area contributed by atoms with E-state index in [9.17, 15) is 4.79 Å². The number of nitrogens with one attached hydrogen (secondary N) is 2. The van der Waals surface area contributed by atoms with Crippen molar-refractivity contribution in [3.63, 3.8) is 0 Å². The first-order valence-electron chi connectivity index (χ1n) is 9.55. The third-order valence-corrected chi connectivity index (χ3v) is 4.31. The maximum Gasteiger partial charge on any atom is 0.255 e. The number of benzene rings is 2. The smallest absolute Gasteiger partial charge is 0.255 e. The minimum absolute atomic E-state index is 0.200. The van der Waals surface area contributed by atoms with Crippen molar-refractivity contribution in [2.75, 3.05) is 30.9 Å². The summed E-state index contributed by atoms with van der Waals surface area (Å²) in [7, 11) is 1.66. The van der Waals surface area contributed by atoms with Gasteiger partial charge in [0.15, 0.2) is 0 Å². The van der Waals surface area contributed by atoms with Gasteiger partial charge in [0.25, 0.3) is 5.91 Å². The number of carbonyl (C=O) groups excluding carboxylic acids is 1. The molecule has 2 N–H and O–H groups in total. The molecule has 3 rings (SSSR count). The molecule has 0 fully saturated rings. The minimum Gasteiger partial charge on any atom is -0.497 e. The molecule has 0 atom stereocenters. The number of amides is 1. The Morgan fingerprint density at radius 2 is 1.86 bits per heavy atom. The predicted octanol–water partition coefficient (Wildman–Crippen LogP) is 4.40. The van der Waals surface area contributed by atoms with E-state index in [2.05, 4.69) is 15.6 Å². The molecule has 3 aromatic rings. The third kappa shape index (κ3) is 5.97. The van der Waals surface area contributed by atoms with E-state index in [0.717, 1.165) is 24.5 Å². The van der Waals surface area contributed by atoms with Crippen molar-refractivity contribution in [1.29, 1.82) is 0 Å². The van der Waals surface area contributed by atoms with Crippen LogP contribution in [0.3, 0.4) is 0 Å². The summed E-state index contributed by atoms with van der Waals surface area (Å²) in [6.07, 6.45) is 2.51. The summed E-state index contributed by atoms with van der Waals surface area (Å²) in [4.78, 5) is 16.8. The molecular formula is C23H25N3O3. The van der Waals surface area contributed by atoms with Gasteiger partial charge >= 0.3 is 0 Å². The van der Waals surface area contributed by atoms with Gasteiger partial charge in [-0.15, -0.1) is 0 Å². The van der Waals surface area contributed by atoms with Crippen LogP contribution in [-0.2, 0) is 6.42 Å². The highest BCUT2D eigenvalue weighted by molar-refractivity contribution is 6.04. The molecule has 2 aromatic carbocycles. The van der Waals surface area contributed by atoms with E-state index < -0.39 is 0 Å². The van der Waals surface area contributed by atoms with E-state index >= 15 is 0 Å². The monoisotopic (exact) mass is 391 g/mol. The number of hydrogen-bond donors (Lipinski definition) is 2. The minimum atomic E-state index is -0.200. The summed E-state index contributed by atoms with van der Waals surface area (Å²) in [5, 5.41) is 6.13. The zero-order chi connectivity index (χ0) is 20.5. The van der Waals surface area contributed by atoms with Crippen molar-refractivity contribution in [1.82, 2.24) is 4.98 Å². The first-order valence-corrected chi connectivity index (χ1v) is 9.55. The van der Waals surface area contributed by atoms with E-state index in [1.165, 1.54) is 5.56 Å². The van der Waals surface area contributed by atoms with Crippen LogP contribution >= 0.6 is 0 Å². The quantitative estimate of drug-likeness (QED) is 0.566. The lowest BCUT2D eigenvalue weighted by atomic mass is 10.1. The number of carbonyl (C=O) groups is 1. The topological polar surface area (TPSA) is 72.5 Å². The van der Waals surface area contributed by atoms with Crippen molar-refractivity contribution < 1.29 is 14.3 Å². The van der Waals surface area contributed by atoms with E-state index in [1.807, 2.05) is 49.4 Å². The van der Waals surface area contributed by atoms with Crippen molar-refractivity contribution in [3.05, 3.63) is 78.0 Å². The average molecular weight is 391 g/mol. The van der Waals surface area contributed by atoms with Gasteiger partial charge in [0.05, 0.1) is 25.6 Å². The van der Waals surface area contributed by atoms with Crippen LogP contribution in [0.1, 0.15) is 22.8 Å². The number of anilines is 2. The Hall–Kier alpha value is -3.54. The summed E-state index contributed by atoms with van der Waals surface area (Å²) in [5.41, 5.74) is 2.40. The van der Waals surface area contributed by atoms with Gasteiger partial charge < -0.3 is 20.1 Å². The lowest BCUT2D eigenvalue weighted by molar-refractivity contribution is 0.102. The molecule has 1 aromatic heterocycles. The molecule has 150 valence electrons. The number of nitrogens with zero attached hydrogens (tertiary/aromatic N) is 1. The van der Waals surface area contributed by atoms with Crippen molar-refractivity contribution >= 4 is 17.4 Å². The molecule has 0 aliphatic rings. The second-order valence-electron chi connectivity index (χ2n) is 6.37. The summed E-state index contributed by atoms with van der Waals surface area (Å²) >= 11 is 0. The van der Waals surface area contributed by atoms with E-state index in [-0.39, 0.29) is 5.91 Å². The van der Waals surface area contributed by atoms with Crippen LogP contribution in [0.2, 0.25) is 0 Å². The molecule has 6 nitrogen and oxygen atoms in total. The van der Waals surface area contributed by atoms with Gasteiger partial charge in [0, 0.05) is 12.1 Å². The summed E-state index contributed by atoms with van der Waals surface area (Å²) in [6, 6.07) is 18.8. The fourth-order valence-corrected chi connectivity index (χ4v) is 2.80. The number of pyridine rings is 1. The zero-order valence-electron chi connectivity index (χ0n) is 16.6. The van der Waals surface area contributed by atoms with Crippen LogP contribution in [-0.4, -0.2) is 31.2 Å². The molecule has 0 aliphatic carbocycles. The molecule has 1 amide bonds. The highest BCUT2D eigenvalue weighted by atomic mass is 16.5. The van der Waals surface area contributed by atoms with E-state index in [4.69, 9.17) is 9.47 Å². The lowest BCUT2D eigenvalue weighted by Crippen LogP contribution is -2.12. The number of aromatic nitrogens is 1. The normalized spacial score (nSPS) is 10.3. The first kappa shape index (κ1) is 20.2. The molecule has 29 heavy (non-hydrogen) atoms. The zero-order valence-corrected chi connectivity index (χ0v) is 16.6. The Morgan fingerprint density at radius 3 is 2.55 bits per heavy atom.